The molecule has 1 aliphatic carbocycles. The number of H-pyrrole nitrogens is 1. The molecule has 0 unspecified atom stereocenters. The molecule has 2 aromatic rings. The zero-order valence-electron chi connectivity index (χ0n) is 16.1. The van der Waals surface area contributed by atoms with Gasteiger partial charge >= 0.3 is 0 Å². The quantitative estimate of drug-likeness (QED) is 0.818. The standard InChI is InChI=1S/C19H26N6O3/c1-12-21-19-20-11-15(18(28)25(19)23-12)16(26)22-14-7-6-13(10-14)17(27)24-8-4-2-3-5-9-24/h11,13-14H,2-10H2,1H3,(H,22,26)(H,20,21,23)/t13-,14+/m0/s1. The van der Waals surface area contributed by atoms with Gasteiger partial charge in [-0.05, 0) is 39.0 Å². The molecule has 150 valence electrons. The Morgan fingerprint density at radius 2 is 1.93 bits per heavy atom. The van der Waals surface area contributed by atoms with E-state index in [9.17, 15) is 14.4 Å². The van der Waals surface area contributed by atoms with Crippen LogP contribution >= 0.6 is 0 Å². The molecule has 2 aromatic heterocycles. The average molecular weight is 386 g/mol. The summed E-state index contributed by atoms with van der Waals surface area (Å²) in [5.74, 6) is 0.512. The van der Waals surface area contributed by atoms with Gasteiger partial charge in [-0.3, -0.25) is 19.5 Å². The number of aryl methyl sites for hydroxylation is 1. The normalized spacial score (nSPS) is 23.0. The first-order valence-electron chi connectivity index (χ1n) is 10.1. The van der Waals surface area contributed by atoms with Crippen LogP contribution in [0.15, 0.2) is 11.0 Å². The summed E-state index contributed by atoms with van der Waals surface area (Å²) in [6.07, 6.45) is 7.94. The molecule has 0 spiro atoms. The molecule has 1 saturated heterocycles. The molecule has 2 atom stereocenters. The number of fused-ring (bicyclic) bond motifs is 1. The number of rotatable bonds is 3. The summed E-state index contributed by atoms with van der Waals surface area (Å²) in [6.45, 7) is 3.41. The summed E-state index contributed by atoms with van der Waals surface area (Å²) in [7, 11) is 0. The van der Waals surface area contributed by atoms with Gasteiger partial charge in [-0.2, -0.15) is 9.50 Å². The van der Waals surface area contributed by atoms with Crippen LogP contribution in [-0.4, -0.2) is 55.4 Å². The van der Waals surface area contributed by atoms with Crippen molar-refractivity contribution in [3.05, 3.63) is 27.9 Å². The van der Waals surface area contributed by atoms with E-state index in [1.807, 2.05) is 4.90 Å². The van der Waals surface area contributed by atoms with Gasteiger partial charge in [0.2, 0.25) is 5.91 Å². The first-order chi connectivity index (χ1) is 13.5. The predicted octanol–water partition coefficient (Wildman–Crippen LogP) is 1.03. The minimum Gasteiger partial charge on any atom is -0.349 e. The molecule has 0 radical (unpaired) electrons. The van der Waals surface area contributed by atoms with Crippen molar-refractivity contribution in [1.29, 1.82) is 0 Å². The molecule has 0 bridgehead atoms. The molecule has 3 heterocycles. The topological polar surface area (TPSA) is 112 Å². The second kappa shape index (κ2) is 7.73. The lowest BCUT2D eigenvalue weighted by Gasteiger charge is -2.24. The highest BCUT2D eigenvalue weighted by Gasteiger charge is 2.34. The van der Waals surface area contributed by atoms with E-state index in [-0.39, 0.29) is 29.2 Å². The third-order valence-electron chi connectivity index (χ3n) is 5.76. The van der Waals surface area contributed by atoms with Crippen molar-refractivity contribution < 1.29 is 9.59 Å². The number of amides is 2. The summed E-state index contributed by atoms with van der Waals surface area (Å²) in [4.78, 5) is 48.0. The number of aromatic amines is 1. The maximum atomic E-state index is 12.8. The van der Waals surface area contributed by atoms with Gasteiger partial charge in [-0.1, -0.05) is 12.8 Å². The molecule has 0 aromatic carbocycles. The number of carbonyl (C=O) groups is 2. The maximum absolute atomic E-state index is 12.8. The molecule has 1 saturated carbocycles. The number of likely N-dealkylation sites (tertiary alicyclic amines) is 1. The molecule has 9 heteroatoms. The fraction of sp³-hybridized carbons (Fsp3) is 0.632. The summed E-state index contributed by atoms with van der Waals surface area (Å²) < 4.78 is 1.17. The molecular weight excluding hydrogens is 360 g/mol. The van der Waals surface area contributed by atoms with E-state index in [4.69, 9.17) is 0 Å². The third kappa shape index (κ3) is 3.65. The molecule has 2 fully saturated rings. The highest BCUT2D eigenvalue weighted by Crippen LogP contribution is 2.28. The Kier molecular flexibility index (Phi) is 5.15. The smallest absolute Gasteiger partial charge is 0.286 e. The van der Waals surface area contributed by atoms with Crippen molar-refractivity contribution >= 4 is 17.6 Å². The number of carbonyl (C=O) groups excluding carboxylic acids is 2. The maximum Gasteiger partial charge on any atom is 0.286 e. The van der Waals surface area contributed by atoms with Crippen LogP contribution in [0.1, 0.15) is 61.1 Å². The lowest BCUT2D eigenvalue weighted by molar-refractivity contribution is -0.135. The van der Waals surface area contributed by atoms with E-state index in [1.165, 1.54) is 23.6 Å². The summed E-state index contributed by atoms with van der Waals surface area (Å²) in [5.41, 5.74) is -0.498. The van der Waals surface area contributed by atoms with Crippen molar-refractivity contribution in [3.8, 4) is 0 Å². The number of hydrogen-bond acceptors (Lipinski definition) is 5. The lowest BCUT2D eigenvalue weighted by atomic mass is 10.1. The van der Waals surface area contributed by atoms with Crippen molar-refractivity contribution in [2.24, 2.45) is 5.92 Å². The van der Waals surface area contributed by atoms with E-state index >= 15 is 0 Å². The van der Waals surface area contributed by atoms with Gasteiger partial charge in [-0.25, -0.2) is 4.98 Å². The molecule has 9 nitrogen and oxygen atoms in total. The third-order valence-corrected chi connectivity index (χ3v) is 5.76. The second-order valence-electron chi connectivity index (χ2n) is 7.84. The molecule has 2 N–H and O–H groups in total. The highest BCUT2D eigenvalue weighted by molar-refractivity contribution is 5.94. The SMILES string of the molecule is Cc1nc2ncc(C(=O)N[C@@H]3CC[C@H](C(=O)N4CCCCCC4)C3)c(=O)n2[nH]1. The number of aromatic nitrogens is 4. The van der Waals surface area contributed by atoms with Crippen molar-refractivity contribution in [2.45, 2.75) is 57.9 Å². The first kappa shape index (κ1) is 18.6. The van der Waals surface area contributed by atoms with Gasteiger partial charge in [0.15, 0.2) is 0 Å². The molecule has 28 heavy (non-hydrogen) atoms. The van der Waals surface area contributed by atoms with Gasteiger partial charge in [0.25, 0.3) is 17.2 Å². The van der Waals surface area contributed by atoms with Crippen molar-refractivity contribution in [2.75, 3.05) is 13.1 Å². The number of nitrogens with zero attached hydrogens (tertiary/aromatic N) is 4. The Labute approximate surface area is 162 Å². The van der Waals surface area contributed by atoms with Crippen LogP contribution in [0, 0.1) is 12.8 Å². The van der Waals surface area contributed by atoms with E-state index in [0.717, 1.165) is 38.8 Å². The zero-order chi connectivity index (χ0) is 19.7. The minimum absolute atomic E-state index is 0.0246. The minimum atomic E-state index is -0.474. The largest absolute Gasteiger partial charge is 0.349 e. The number of hydrogen-bond donors (Lipinski definition) is 2. The molecular formula is C19H26N6O3. The number of nitrogens with one attached hydrogen (secondary N) is 2. The van der Waals surface area contributed by atoms with Crippen LogP contribution < -0.4 is 10.9 Å². The molecule has 1 aliphatic heterocycles. The van der Waals surface area contributed by atoms with Crippen molar-refractivity contribution in [3.63, 3.8) is 0 Å². The molecule has 2 amide bonds. The van der Waals surface area contributed by atoms with Gasteiger partial charge in [-0.15, -0.1) is 0 Å². The Morgan fingerprint density at radius 1 is 1.18 bits per heavy atom. The van der Waals surface area contributed by atoms with E-state index in [1.54, 1.807) is 6.92 Å². The Morgan fingerprint density at radius 3 is 2.68 bits per heavy atom. The lowest BCUT2D eigenvalue weighted by Crippen LogP contribution is -2.39. The summed E-state index contributed by atoms with van der Waals surface area (Å²) in [6, 6.07) is -0.1000. The molecule has 4 rings (SSSR count). The van der Waals surface area contributed by atoms with Crippen LogP contribution in [0.4, 0.5) is 0 Å². The second-order valence-corrected chi connectivity index (χ2v) is 7.84. The van der Waals surface area contributed by atoms with Gasteiger partial charge in [0, 0.05) is 31.2 Å². The fourth-order valence-electron chi connectivity index (χ4n) is 4.27. The van der Waals surface area contributed by atoms with Gasteiger partial charge in [0.05, 0.1) is 0 Å². The van der Waals surface area contributed by atoms with Gasteiger partial charge in [0.1, 0.15) is 11.4 Å². The Hall–Kier alpha value is -2.71. The molecule has 2 aliphatic rings. The predicted molar refractivity (Wildman–Crippen MR) is 102 cm³/mol. The first-order valence-corrected chi connectivity index (χ1v) is 10.1. The summed E-state index contributed by atoms with van der Waals surface area (Å²) in [5, 5.41) is 5.69. The van der Waals surface area contributed by atoms with E-state index in [2.05, 4.69) is 20.4 Å². The van der Waals surface area contributed by atoms with E-state index < -0.39 is 11.5 Å². The average Bonchev–Trinajstić information content (AvgIpc) is 3.18. The monoisotopic (exact) mass is 386 g/mol. The van der Waals surface area contributed by atoms with E-state index in [0.29, 0.717) is 12.2 Å². The van der Waals surface area contributed by atoms with Gasteiger partial charge < -0.3 is 10.2 Å². The van der Waals surface area contributed by atoms with Crippen LogP contribution in [-0.2, 0) is 4.79 Å². The van der Waals surface area contributed by atoms with Crippen LogP contribution in [0.5, 0.6) is 0 Å². The van der Waals surface area contributed by atoms with Crippen LogP contribution in [0.25, 0.3) is 5.78 Å². The highest BCUT2D eigenvalue weighted by atomic mass is 16.2. The summed E-state index contributed by atoms with van der Waals surface area (Å²) >= 11 is 0. The Balaban J connectivity index is 1.40. The Bertz CT molecular complexity index is 941. The fourth-order valence-corrected chi connectivity index (χ4v) is 4.27. The van der Waals surface area contributed by atoms with Crippen LogP contribution in [0.3, 0.4) is 0 Å². The zero-order valence-corrected chi connectivity index (χ0v) is 16.1. The van der Waals surface area contributed by atoms with Crippen molar-refractivity contribution in [1.82, 2.24) is 29.8 Å². The van der Waals surface area contributed by atoms with Crippen LogP contribution in [0.2, 0.25) is 0 Å².